The first kappa shape index (κ1) is 16.9. The van der Waals surface area contributed by atoms with Gasteiger partial charge in [0.05, 0.1) is 7.11 Å². The fraction of sp³-hybridized carbons (Fsp3) is 0.857. The van der Waals surface area contributed by atoms with E-state index in [4.69, 9.17) is 4.84 Å². The maximum absolute atomic E-state index is 10.8. The molecule has 0 atom stereocenters. The van der Waals surface area contributed by atoms with E-state index in [0.717, 1.165) is 45.1 Å². The van der Waals surface area contributed by atoms with Crippen LogP contribution in [0.25, 0.3) is 0 Å². The van der Waals surface area contributed by atoms with E-state index in [1.165, 1.54) is 20.0 Å². The van der Waals surface area contributed by atoms with E-state index < -0.39 is 0 Å². The summed E-state index contributed by atoms with van der Waals surface area (Å²) in [5, 5.41) is 3.89. The van der Waals surface area contributed by atoms with Gasteiger partial charge in [-0.1, -0.05) is 37.8 Å². The number of hydrogen-bond donors (Lipinski definition) is 0. The first-order valence-corrected chi connectivity index (χ1v) is 7.01. The third kappa shape index (κ3) is 13.0. The first-order valence-electron chi connectivity index (χ1n) is 7.01. The molecule has 0 rings (SSSR count). The second-order valence-corrected chi connectivity index (χ2v) is 4.36. The van der Waals surface area contributed by atoms with Gasteiger partial charge in [-0.15, -0.1) is 0 Å². The normalized spacial score (nSPS) is 10.8. The number of oxime groups is 1. The molecule has 0 N–H and O–H groups in total. The predicted octanol–water partition coefficient (Wildman–Crippen LogP) is 3.69. The van der Waals surface area contributed by atoms with Crippen molar-refractivity contribution in [3.05, 3.63) is 0 Å². The van der Waals surface area contributed by atoms with Gasteiger partial charge in [0.15, 0.2) is 0 Å². The Morgan fingerprint density at radius 2 is 1.83 bits per heavy atom. The Labute approximate surface area is 111 Å². The zero-order valence-electron chi connectivity index (χ0n) is 11.8. The molecule has 0 aromatic carbocycles. The van der Waals surface area contributed by atoms with Gasteiger partial charge in [0.2, 0.25) is 0 Å². The first-order chi connectivity index (χ1) is 8.81. The van der Waals surface area contributed by atoms with Crippen LogP contribution < -0.4 is 0 Å². The zero-order valence-corrected chi connectivity index (χ0v) is 11.8. The number of rotatable bonds is 12. The zero-order chi connectivity index (χ0) is 13.5. The third-order valence-corrected chi connectivity index (χ3v) is 2.68. The molecular formula is C14H27NO3. The lowest BCUT2D eigenvalue weighted by atomic mass is 10.1. The van der Waals surface area contributed by atoms with Crippen molar-refractivity contribution in [3.8, 4) is 0 Å². The van der Waals surface area contributed by atoms with Crippen LogP contribution in [-0.4, -0.2) is 25.9 Å². The summed E-state index contributed by atoms with van der Waals surface area (Å²) in [5.41, 5.74) is 0. The third-order valence-electron chi connectivity index (χ3n) is 2.68. The Hall–Kier alpha value is -1.06. The number of esters is 1. The van der Waals surface area contributed by atoms with Crippen LogP contribution in [0, 0.1) is 0 Å². The second-order valence-electron chi connectivity index (χ2n) is 4.36. The molecule has 18 heavy (non-hydrogen) atoms. The van der Waals surface area contributed by atoms with E-state index in [9.17, 15) is 4.79 Å². The van der Waals surface area contributed by atoms with Gasteiger partial charge in [0.25, 0.3) is 0 Å². The van der Waals surface area contributed by atoms with Crippen LogP contribution in [0.3, 0.4) is 0 Å². The highest BCUT2D eigenvalue weighted by molar-refractivity contribution is 5.68. The SMILES string of the molecule is CCCCO/N=C/CCCCCCCC(=O)OC. The summed E-state index contributed by atoms with van der Waals surface area (Å²) in [5.74, 6) is -0.105. The van der Waals surface area contributed by atoms with E-state index in [1.807, 2.05) is 6.21 Å². The Kier molecular flexibility index (Phi) is 13.2. The molecule has 0 bridgehead atoms. The Bertz CT molecular complexity index is 217. The Morgan fingerprint density at radius 3 is 2.56 bits per heavy atom. The molecule has 0 radical (unpaired) electrons. The van der Waals surface area contributed by atoms with Crippen molar-refractivity contribution in [2.45, 2.75) is 64.7 Å². The monoisotopic (exact) mass is 257 g/mol. The number of hydrogen-bond acceptors (Lipinski definition) is 4. The lowest BCUT2D eigenvalue weighted by molar-refractivity contribution is -0.140. The molecule has 0 aliphatic carbocycles. The molecule has 0 aromatic rings. The largest absolute Gasteiger partial charge is 0.469 e. The lowest BCUT2D eigenvalue weighted by Crippen LogP contribution is -1.99. The fourth-order valence-corrected chi connectivity index (χ4v) is 1.50. The number of carbonyl (C=O) groups is 1. The van der Waals surface area contributed by atoms with Gasteiger partial charge < -0.3 is 9.57 Å². The van der Waals surface area contributed by atoms with Gasteiger partial charge in [-0.25, -0.2) is 0 Å². The Morgan fingerprint density at radius 1 is 1.11 bits per heavy atom. The van der Waals surface area contributed by atoms with Gasteiger partial charge in [-0.05, 0) is 25.7 Å². The molecule has 106 valence electrons. The quantitative estimate of drug-likeness (QED) is 0.232. The summed E-state index contributed by atoms with van der Waals surface area (Å²) in [4.78, 5) is 15.9. The molecular weight excluding hydrogens is 230 g/mol. The van der Waals surface area contributed by atoms with Crippen molar-refractivity contribution >= 4 is 12.2 Å². The summed E-state index contributed by atoms with van der Waals surface area (Å²) in [6.07, 6.45) is 11.1. The summed E-state index contributed by atoms with van der Waals surface area (Å²) in [6, 6.07) is 0. The van der Waals surface area contributed by atoms with E-state index in [0.29, 0.717) is 6.42 Å². The molecule has 0 aliphatic rings. The van der Waals surface area contributed by atoms with Crippen molar-refractivity contribution in [2.75, 3.05) is 13.7 Å². The van der Waals surface area contributed by atoms with Crippen molar-refractivity contribution in [1.29, 1.82) is 0 Å². The number of nitrogens with zero attached hydrogens (tertiary/aromatic N) is 1. The molecule has 0 unspecified atom stereocenters. The van der Waals surface area contributed by atoms with E-state index in [1.54, 1.807) is 0 Å². The highest BCUT2D eigenvalue weighted by Crippen LogP contribution is 2.07. The molecule has 0 amide bonds. The maximum atomic E-state index is 10.8. The highest BCUT2D eigenvalue weighted by atomic mass is 16.6. The molecule has 4 nitrogen and oxygen atoms in total. The minimum absolute atomic E-state index is 0.105. The van der Waals surface area contributed by atoms with Crippen LogP contribution in [0.1, 0.15) is 64.7 Å². The van der Waals surface area contributed by atoms with Gasteiger partial charge in [-0.3, -0.25) is 4.79 Å². The molecule has 0 spiro atoms. The van der Waals surface area contributed by atoms with E-state index in [-0.39, 0.29) is 5.97 Å². The summed E-state index contributed by atoms with van der Waals surface area (Å²) in [7, 11) is 1.43. The number of methoxy groups -OCH3 is 1. The van der Waals surface area contributed by atoms with Gasteiger partial charge in [0, 0.05) is 12.6 Å². The van der Waals surface area contributed by atoms with Crippen molar-refractivity contribution in [1.82, 2.24) is 0 Å². The van der Waals surface area contributed by atoms with Gasteiger partial charge in [0.1, 0.15) is 6.61 Å². The average Bonchev–Trinajstić information content (AvgIpc) is 2.39. The fourth-order valence-electron chi connectivity index (χ4n) is 1.50. The standard InChI is InChI=1S/C14H27NO3/c1-3-4-13-18-15-12-10-8-6-5-7-9-11-14(16)17-2/h12H,3-11,13H2,1-2H3/b15-12+. The minimum Gasteiger partial charge on any atom is -0.469 e. The summed E-state index contributed by atoms with van der Waals surface area (Å²) >= 11 is 0. The molecule has 0 saturated heterocycles. The minimum atomic E-state index is -0.105. The van der Waals surface area contributed by atoms with Crippen molar-refractivity contribution in [3.63, 3.8) is 0 Å². The van der Waals surface area contributed by atoms with Crippen LogP contribution in [0.5, 0.6) is 0 Å². The number of carbonyl (C=O) groups excluding carboxylic acids is 1. The molecule has 4 heteroatoms. The molecule has 0 aromatic heterocycles. The predicted molar refractivity (Wildman–Crippen MR) is 73.7 cm³/mol. The molecule has 0 heterocycles. The van der Waals surface area contributed by atoms with Gasteiger partial charge in [-0.2, -0.15) is 0 Å². The smallest absolute Gasteiger partial charge is 0.305 e. The van der Waals surface area contributed by atoms with Crippen LogP contribution in [-0.2, 0) is 14.4 Å². The summed E-state index contributed by atoms with van der Waals surface area (Å²) < 4.78 is 4.58. The van der Waals surface area contributed by atoms with Crippen LogP contribution in [0.15, 0.2) is 5.16 Å². The topological polar surface area (TPSA) is 47.9 Å². The van der Waals surface area contributed by atoms with Crippen LogP contribution >= 0.6 is 0 Å². The van der Waals surface area contributed by atoms with Crippen LogP contribution in [0.2, 0.25) is 0 Å². The number of unbranched alkanes of at least 4 members (excludes halogenated alkanes) is 6. The van der Waals surface area contributed by atoms with Crippen molar-refractivity contribution in [2.24, 2.45) is 5.16 Å². The average molecular weight is 257 g/mol. The Balaban J connectivity index is 3.09. The van der Waals surface area contributed by atoms with E-state index >= 15 is 0 Å². The highest BCUT2D eigenvalue weighted by Gasteiger charge is 1.98. The van der Waals surface area contributed by atoms with Gasteiger partial charge >= 0.3 is 5.97 Å². The molecule has 0 saturated carbocycles. The molecule has 0 fully saturated rings. The summed E-state index contributed by atoms with van der Waals surface area (Å²) in [6.45, 7) is 2.85. The van der Waals surface area contributed by atoms with Crippen LogP contribution in [0.4, 0.5) is 0 Å². The van der Waals surface area contributed by atoms with E-state index in [2.05, 4.69) is 16.8 Å². The number of ether oxygens (including phenoxy) is 1. The lowest BCUT2D eigenvalue weighted by Gasteiger charge is -2.00. The second kappa shape index (κ2) is 14.0. The maximum Gasteiger partial charge on any atom is 0.305 e. The molecule has 0 aliphatic heterocycles. The van der Waals surface area contributed by atoms with Crippen molar-refractivity contribution < 1.29 is 14.4 Å².